The van der Waals surface area contributed by atoms with Gasteiger partial charge in [0.1, 0.15) is 0 Å². The molecule has 1 heterocycles. The molecule has 0 spiro atoms. The first-order valence-corrected chi connectivity index (χ1v) is 5.57. The Hall–Kier alpha value is -0.380. The van der Waals surface area contributed by atoms with Gasteiger partial charge in [-0.25, -0.2) is 0 Å². The molecule has 0 amide bonds. The van der Waals surface area contributed by atoms with E-state index in [4.69, 9.17) is 5.26 Å². The first-order valence-electron chi connectivity index (χ1n) is 4.02. The summed E-state index contributed by atoms with van der Waals surface area (Å²) in [6.07, 6.45) is 1.16. The van der Waals surface area contributed by atoms with Crippen molar-refractivity contribution < 1.29 is 12.3 Å². The smallest absolute Gasteiger partial charge is 0.304 e. The predicted molar refractivity (Wildman–Crippen MR) is 52.3 cm³/mol. The fourth-order valence-corrected chi connectivity index (χ4v) is 2.52. The Bertz CT molecular complexity index is 319. The number of nitrogens with zero attached hydrogens (tertiary/aromatic N) is 1. The highest BCUT2D eigenvalue weighted by molar-refractivity contribution is 7.86. The summed E-state index contributed by atoms with van der Waals surface area (Å²) >= 11 is 0. The molecule has 1 rings (SSSR count). The van der Waals surface area contributed by atoms with E-state index in [-0.39, 0.29) is 19.0 Å². The van der Waals surface area contributed by atoms with Crippen molar-refractivity contribution in [2.24, 2.45) is 5.41 Å². The molecule has 1 saturated heterocycles. The van der Waals surface area contributed by atoms with Crippen molar-refractivity contribution in [2.75, 3.05) is 18.8 Å². The summed E-state index contributed by atoms with van der Waals surface area (Å²) in [6.45, 7) is 1.02. The predicted octanol–water partition coefficient (Wildman–Crippen LogP) is 0.601. The van der Waals surface area contributed by atoms with Crippen LogP contribution in [0, 0.1) is 16.7 Å². The van der Waals surface area contributed by atoms with Gasteiger partial charge in [-0.1, -0.05) is 0 Å². The molecule has 1 aliphatic rings. The van der Waals surface area contributed by atoms with Crippen molar-refractivity contribution in [2.45, 2.75) is 12.8 Å². The molecule has 1 aliphatic heterocycles. The summed E-state index contributed by atoms with van der Waals surface area (Å²) in [6, 6.07) is 1.89. The number of hydrogen-bond acceptors (Lipinski definition) is 4. The van der Waals surface area contributed by atoms with Crippen molar-refractivity contribution in [1.82, 2.24) is 5.32 Å². The first-order chi connectivity index (χ1) is 5.97. The Labute approximate surface area is 89.1 Å². The van der Waals surface area contributed by atoms with Gasteiger partial charge in [0.15, 0.2) is 0 Å². The topological polar surface area (TPSA) is 70.0 Å². The summed E-state index contributed by atoms with van der Waals surface area (Å²) in [5, 5.41) is 11.7. The zero-order valence-electron chi connectivity index (χ0n) is 7.49. The zero-order valence-corrected chi connectivity index (χ0v) is 9.13. The number of halogens is 2. The lowest BCUT2D eigenvalue weighted by Gasteiger charge is -2.29. The van der Waals surface area contributed by atoms with E-state index in [2.05, 4.69) is 5.32 Å². The average Bonchev–Trinajstić information content (AvgIpc) is 2.03. The number of rotatable bonds is 2. The second-order valence-electron chi connectivity index (χ2n) is 3.36. The highest BCUT2D eigenvalue weighted by Gasteiger charge is 2.37. The normalized spacial score (nSPS) is 27.4. The Kier molecular flexibility index (Phi) is 4.78. The Morgan fingerprint density at radius 3 is 2.57 bits per heavy atom. The molecule has 0 aromatic heterocycles. The largest absolute Gasteiger partial charge is 0.315 e. The summed E-state index contributed by atoms with van der Waals surface area (Å²) in [5.41, 5.74) is -1.06. The van der Waals surface area contributed by atoms with Crippen molar-refractivity contribution in [3.8, 4) is 6.07 Å². The van der Waals surface area contributed by atoms with Crippen LogP contribution in [-0.4, -0.2) is 27.3 Å². The van der Waals surface area contributed by atoms with Gasteiger partial charge in [0.2, 0.25) is 0 Å². The van der Waals surface area contributed by atoms with Crippen molar-refractivity contribution >= 4 is 22.6 Å². The minimum absolute atomic E-state index is 0. The number of hydrogen-bond donors (Lipinski definition) is 1. The molecule has 0 aromatic rings. The van der Waals surface area contributed by atoms with Crippen molar-refractivity contribution in [3.63, 3.8) is 0 Å². The number of nitrogens with one attached hydrogen (secondary N) is 1. The molecule has 1 unspecified atom stereocenters. The molecule has 0 aromatic carbocycles. The molecule has 0 saturated carbocycles. The Balaban J connectivity index is 0.00000169. The van der Waals surface area contributed by atoms with Gasteiger partial charge in [0.05, 0.1) is 17.2 Å². The third-order valence-electron chi connectivity index (χ3n) is 2.16. The summed E-state index contributed by atoms with van der Waals surface area (Å²) < 4.78 is 33.2. The van der Waals surface area contributed by atoms with Gasteiger partial charge in [0.25, 0.3) is 0 Å². The van der Waals surface area contributed by atoms with E-state index in [1.54, 1.807) is 0 Å². The van der Waals surface area contributed by atoms with Gasteiger partial charge in [-0.3, -0.25) is 0 Å². The lowest BCUT2D eigenvalue weighted by atomic mass is 9.84. The summed E-state index contributed by atoms with van der Waals surface area (Å²) in [4.78, 5) is 0. The molecule has 7 heteroatoms. The van der Waals surface area contributed by atoms with E-state index in [0.29, 0.717) is 12.8 Å². The zero-order chi connectivity index (χ0) is 9.95. The van der Waals surface area contributed by atoms with Crippen LogP contribution in [0.4, 0.5) is 3.89 Å². The van der Waals surface area contributed by atoms with Gasteiger partial charge < -0.3 is 5.32 Å². The van der Waals surface area contributed by atoms with Gasteiger partial charge >= 0.3 is 10.2 Å². The minimum atomic E-state index is -4.56. The van der Waals surface area contributed by atoms with Crippen LogP contribution in [0.15, 0.2) is 0 Å². The Morgan fingerprint density at radius 2 is 2.21 bits per heavy atom. The van der Waals surface area contributed by atoms with Crippen LogP contribution in [0.1, 0.15) is 12.8 Å². The molecular formula is C7H12ClFN2O2S. The fraction of sp³-hybridized carbons (Fsp3) is 0.857. The van der Waals surface area contributed by atoms with Crippen molar-refractivity contribution in [3.05, 3.63) is 0 Å². The van der Waals surface area contributed by atoms with E-state index in [1.165, 1.54) is 0 Å². The monoisotopic (exact) mass is 242 g/mol. The molecule has 82 valence electrons. The molecule has 4 nitrogen and oxygen atoms in total. The third kappa shape index (κ3) is 3.78. The van der Waals surface area contributed by atoms with E-state index >= 15 is 0 Å². The highest BCUT2D eigenvalue weighted by Crippen LogP contribution is 2.27. The average molecular weight is 243 g/mol. The van der Waals surface area contributed by atoms with E-state index < -0.39 is 21.4 Å². The molecule has 1 fully saturated rings. The van der Waals surface area contributed by atoms with Crippen molar-refractivity contribution in [1.29, 1.82) is 5.26 Å². The van der Waals surface area contributed by atoms with Crippen LogP contribution in [0.2, 0.25) is 0 Å². The molecule has 0 aliphatic carbocycles. The maximum Gasteiger partial charge on any atom is 0.304 e. The molecular weight excluding hydrogens is 231 g/mol. The standard InChI is InChI=1S/C7H11FN2O2S.ClH/c8-13(11,12)6-7(4-9)2-1-3-10-5-7;/h10H,1-3,5-6H2;1H. The maximum absolute atomic E-state index is 12.4. The highest BCUT2D eigenvalue weighted by atomic mass is 35.5. The van der Waals surface area contributed by atoms with E-state index in [1.807, 2.05) is 6.07 Å². The molecule has 0 radical (unpaired) electrons. The lowest BCUT2D eigenvalue weighted by Crippen LogP contribution is -2.42. The molecule has 0 bridgehead atoms. The maximum atomic E-state index is 12.4. The first kappa shape index (κ1) is 13.6. The third-order valence-corrected chi connectivity index (χ3v) is 3.06. The van der Waals surface area contributed by atoms with Crippen LogP contribution < -0.4 is 5.32 Å². The quantitative estimate of drug-likeness (QED) is 0.720. The van der Waals surface area contributed by atoms with E-state index in [9.17, 15) is 12.3 Å². The van der Waals surface area contributed by atoms with E-state index in [0.717, 1.165) is 6.54 Å². The van der Waals surface area contributed by atoms with Gasteiger partial charge in [-0.05, 0) is 19.4 Å². The second kappa shape index (κ2) is 4.91. The minimum Gasteiger partial charge on any atom is -0.315 e. The number of piperidine rings is 1. The summed E-state index contributed by atoms with van der Waals surface area (Å²) in [7, 11) is -4.56. The number of nitriles is 1. The molecule has 1 N–H and O–H groups in total. The lowest BCUT2D eigenvalue weighted by molar-refractivity contribution is 0.315. The van der Waals surface area contributed by atoms with Gasteiger partial charge in [0, 0.05) is 6.54 Å². The Morgan fingerprint density at radius 1 is 1.57 bits per heavy atom. The fourth-order valence-electron chi connectivity index (χ4n) is 1.55. The second-order valence-corrected chi connectivity index (χ2v) is 4.72. The van der Waals surface area contributed by atoms with Crippen LogP contribution in [-0.2, 0) is 10.2 Å². The van der Waals surface area contributed by atoms with Crippen LogP contribution >= 0.6 is 12.4 Å². The van der Waals surface area contributed by atoms with Crippen LogP contribution in [0.5, 0.6) is 0 Å². The van der Waals surface area contributed by atoms with Crippen LogP contribution in [0.25, 0.3) is 0 Å². The van der Waals surface area contributed by atoms with Gasteiger partial charge in [-0.15, -0.1) is 16.3 Å². The summed E-state index contributed by atoms with van der Waals surface area (Å²) in [5.74, 6) is -0.691. The SMILES string of the molecule is Cl.N#CC1(CS(=O)(=O)F)CCCNC1. The molecule has 1 atom stereocenters. The molecule has 14 heavy (non-hydrogen) atoms. The van der Waals surface area contributed by atoms with Gasteiger partial charge in [-0.2, -0.15) is 13.7 Å². The van der Waals surface area contributed by atoms with Crippen LogP contribution in [0.3, 0.4) is 0 Å².